The highest BCUT2D eigenvalue weighted by Crippen LogP contribution is 2.47. The van der Waals surface area contributed by atoms with Gasteiger partial charge < -0.3 is 0 Å². The van der Waals surface area contributed by atoms with Crippen LogP contribution in [0.25, 0.3) is 87.2 Å². The molecule has 0 nitrogen and oxygen atoms in total. The first-order valence-corrected chi connectivity index (χ1v) is 15.8. The average molecular weight is 569 g/mol. The molecular formula is C45H28. The second-order valence-electron chi connectivity index (χ2n) is 12.4. The van der Waals surface area contributed by atoms with Gasteiger partial charge in [0, 0.05) is 0 Å². The molecule has 0 saturated carbocycles. The Balaban J connectivity index is 1.13. The van der Waals surface area contributed by atoms with Crippen LogP contribution in [0.5, 0.6) is 0 Å². The van der Waals surface area contributed by atoms with Crippen LogP contribution >= 0.6 is 0 Å². The summed E-state index contributed by atoms with van der Waals surface area (Å²) in [5.74, 6) is 0. The molecule has 0 heteroatoms. The lowest BCUT2D eigenvalue weighted by Crippen LogP contribution is -1.87. The smallest absolute Gasteiger partial charge is 0.000705 e. The number of hydrogen-bond acceptors (Lipinski definition) is 0. The van der Waals surface area contributed by atoms with E-state index in [1.165, 1.54) is 98.4 Å². The lowest BCUT2D eigenvalue weighted by Gasteiger charge is -2.13. The van der Waals surface area contributed by atoms with Crippen molar-refractivity contribution in [2.24, 2.45) is 0 Å². The van der Waals surface area contributed by atoms with Crippen LogP contribution in [0.2, 0.25) is 0 Å². The molecule has 0 bridgehead atoms. The van der Waals surface area contributed by atoms with Gasteiger partial charge in [-0.2, -0.15) is 0 Å². The Labute approximate surface area is 261 Å². The van der Waals surface area contributed by atoms with E-state index in [9.17, 15) is 0 Å². The predicted molar refractivity (Wildman–Crippen MR) is 193 cm³/mol. The van der Waals surface area contributed by atoms with Gasteiger partial charge in [0.1, 0.15) is 0 Å². The van der Waals surface area contributed by atoms with E-state index >= 15 is 0 Å². The number of rotatable bonds is 2. The molecule has 0 aromatic heterocycles. The maximum Gasteiger partial charge on any atom is -0.000705 e. The molecule has 9 aromatic carbocycles. The quantitative estimate of drug-likeness (QED) is 0.182. The van der Waals surface area contributed by atoms with E-state index in [0.29, 0.717) is 0 Å². The van der Waals surface area contributed by atoms with E-state index in [0.717, 1.165) is 6.42 Å². The highest BCUT2D eigenvalue weighted by molar-refractivity contribution is 6.25. The molecule has 0 unspecified atom stereocenters. The molecule has 0 heterocycles. The molecule has 0 spiro atoms. The van der Waals surface area contributed by atoms with Gasteiger partial charge >= 0.3 is 0 Å². The molecule has 0 amide bonds. The van der Waals surface area contributed by atoms with Crippen LogP contribution in [0, 0.1) is 0 Å². The summed E-state index contributed by atoms with van der Waals surface area (Å²) in [5, 5.41) is 13.3. The van der Waals surface area contributed by atoms with Crippen molar-refractivity contribution in [1.82, 2.24) is 0 Å². The topological polar surface area (TPSA) is 0 Å². The molecule has 0 radical (unpaired) electrons. The fourth-order valence-electron chi connectivity index (χ4n) is 8.00. The monoisotopic (exact) mass is 568 g/mol. The van der Waals surface area contributed by atoms with Crippen molar-refractivity contribution in [2.75, 3.05) is 0 Å². The van der Waals surface area contributed by atoms with Crippen LogP contribution in [-0.4, -0.2) is 0 Å². The van der Waals surface area contributed by atoms with Gasteiger partial charge in [0.2, 0.25) is 0 Å². The average Bonchev–Trinajstić information content (AvgIpc) is 3.51. The van der Waals surface area contributed by atoms with Crippen molar-refractivity contribution in [3.63, 3.8) is 0 Å². The lowest BCUT2D eigenvalue weighted by molar-refractivity contribution is 1.29. The molecular weight excluding hydrogens is 540 g/mol. The van der Waals surface area contributed by atoms with Gasteiger partial charge in [-0.05, 0) is 123 Å². The largest absolute Gasteiger partial charge is 0.0616 e. The molecule has 0 atom stereocenters. The third kappa shape index (κ3) is 3.60. The van der Waals surface area contributed by atoms with Gasteiger partial charge in [-0.1, -0.05) is 140 Å². The van der Waals surface area contributed by atoms with Crippen LogP contribution in [0.4, 0.5) is 0 Å². The van der Waals surface area contributed by atoms with Crippen molar-refractivity contribution in [1.29, 1.82) is 0 Å². The van der Waals surface area contributed by atoms with Gasteiger partial charge in [0.25, 0.3) is 0 Å². The summed E-state index contributed by atoms with van der Waals surface area (Å²) in [4.78, 5) is 0. The van der Waals surface area contributed by atoms with Gasteiger partial charge in [-0.25, -0.2) is 0 Å². The van der Waals surface area contributed by atoms with E-state index in [-0.39, 0.29) is 0 Å². The van der Waals surface area contributed by atoms with Crippen molar-refractivity contribution >= 4 is 53.9 Å². The Morgan fingerprint density at radius 2 is 0.733 bits per heavy atom. The van der Waals surface area contributed by atoms with Gasteiger partial charge in [0.05, 0.1) is 0 Å². The van der Waals surface area contributed by atoms with E-state index < -0.39 is 0 Å². The van der Waals surface area contributed by atoms with E-state index in [1.807, 2.05) is 0 Å². The number of fused-ring (bicyclic) bond motifs is 14. The second kappa shape index (κ2) is 9.39. The standard InChI is InChI=1S/C45H28/c1-2-14-35-33(12-1)34-13-3-5-17-38(34)43-26-31(22-23-40(35)43)29-11-9-10-28(24-29)30-20-21-32-27-44-39-18-6-4-15-36(39)37-16-7-8-19-41(37)45(44)42(32)25-30/h1-26H,27H2. The summed E-state index contributed by atoms with van der Waals surface area (Å²) in [6.07, 6.45) is 0.982. The fourth-order valence-corrected chi connectivity index (χ4v) is 8.00. The Morgan fingerprint density at radius 1 is 0.289 bits per heavy atom. The zero-order valence-corrected chi connectivity index (χ0v) is 24.7. The first kappa shape index (κ1) is 24.7. The molecule has 0 fully saturated rings. The normalized spacial score (nSPS) is 12.4. The molecule has 0 aliphatic heterocycles. The maximum absolute atomic E-state index is 2.43. The zero-order chi connectivity index (χ0) is 29.5. The highest BCUT2D eigenvalue weighted by atomic mass is 14.3. The first-order chi connectivity index (χ1) is 22.3. The number of hydrogen-bond donors (Lipinski definition) is 0. The first-order valence-electron chi connectivity index (χ1n) is 15.8. The fraction of sp³-hybridized carbons (Fsp3) is 0.0222. The molecule has 10 rings (SSSR count). The van der Waals surface area contributed by atoms with E-state index in [1.54, 1.807) is 0 Å². The highest BCUT2D eigenvalue weighted by Gasteiger charge is 2.24. The minimum absolute atomic E-state index is 0.982. The summed E-state index contributed by atoms with van der Waals surface area (Å²) in [6.45, 7) is 0. The molecule has 0 N–H and O–H groups in total. The zero-order valence-electron chi connectivity index (χ0n) is 24.7. The van der Waals surface area contributed by atoms with Gasteiger partial charge in [0.15, 0.2) is 0 Å². The summed E-state index contributed by atoms with van der Waals surface area (Å²) >= 11 is 0. The molecule has 0 saturated heterocycles. The minimum atomic E-state index is 0.982. The molecule has 1 aliphatic rings. The third-order valence-corrected chi connectivity index (χ3v) is 10.1. The Morgan fingerprint density at radius 3 is 1.38 bits per heavy atom. The van der Waals surface area contributed by atoms with Crippen molar-refractivity contribution in [3.05, 3.63) is 169 Å². The van der Waals surface area contributed by atoms with Gasteiger partial charge in [-0.3, -0.25) is 0 Å². The molecule has 1 aliphatic carbocycles. The van der Waals surface area contributed by atoms with Crippen molar-refractivity contribution in [3.8, 4) is 33.4 Å². The summed E-state index contributed by atoms with van der Waals surface area (Å²) < 4.78 is 0. The van der Waals surface area contributed by atoms with Crippen LogP contribution in [0.15, 0.2) is 158 Å². The summed E-state index contributed by atoms with van der Waals surface area (Å²) in [7, 11) is 0. The predicted octanol–water partition coefficient (Wildman–Crippen LogP) is 12.4. The lowest BCUT2D eigenvalue weighted by atomic mass is 9.90. The van der Waals surface area contributed by atoms with E-state index in [2.05, 4.69) is 158 Å². The molecule has 45 heavy (non-hydrogen) atoms. The Bertz CT molecular complexity index is 2640. The van der Waals surface area contributed by atoms with E-state index in [4.69, 9.17) is 0 Å². The SMILES string of the molecule is c1cc(-c2ccc3c(c2)-c2c(c4ccccc4c4ccccc24)C3)cc(-c2ccc3c4ccccc4c4ccccc4c3c2)c1. The third-order valence-electron chi connectivity index (χ3n) is 10.1. The summed E-state index contributed by atoms with van der Waals surface area (Å²) in [6, 6.07) is 58.6. The summed E-state index contributed by atoms with van der Waals surface area (Å²) in [5.41, 5.74) is 10.7. The van der Waals surface area contributed by atoms with Crippen LogP contribution < -0.4 is 0 Å². The van der Waals surface area contributed by atoms with Crippen LogP contribution in [0.3, 0.4) is 0 Å². The van der Waals surface area contributed by atoms with Crippen molar-refractivity contribution in [2.45, 2.75) is 6.42 Å². The maximum atomic E-state index is 2.43. The molecule has 9 aromatic rings. The molecule has 208 valence electrons. The van der Waals surface area contributed by atoms with Crippen LogP contribution in [-0.2, 0) is 6.42 Å². The van der Waals surface area contributed by atoms with Crippen molar-refractivity contribution < 1.29 is 0 Å². The Kier molecular flexibility index (Phi) is 5.15. The number of benzene rings is 9. The van der Waals surface area contributed by atoms with Crippen LogP contribution in [0.1, 0.15) is 11.1 Å². The Hall–Kier alpha value is -5.72. The second-order valence-corrected chi connectivity index (χ2v) is 12.4. The minimum Gasteiger partial charge on any atom is -0.0616 e. The van der Waals surface area contributed by atoms with Gasteiger partial charge in [-0.15, -0.1) is 0 Å².